The summed E-state index contributed by atoms with van der Waals surface area (Å²) in [5, 5.41) is 2.89. The van der Waals surface area contributed by atoms with Crippen molar-refractivity contribution in [2.75, 3.05) is 24.5 Å². The number of nitrogens with zero attached hydrogens (tertiary/aromatic N) is 3. The van der Waals surface area contributed by atoms with Gasteiger partial charge in [-0.15, -0.1) is 0 Å². The van der Waals surface area contributed by atoms with Gasteiger partial charge in [-0.25, -0.2) is 9.78 Å². The van der Waals surface area contributed by atoms with Crippen LogP contribution in [-0.4, -0.2) is 47.6 Å². The van der Waals surface area contributed by atoms with E-state index in [4.69, 9.17) is 0 Å². The number of pyridine rings is 1. The van der Waals surface area contributed by atoms with Crippen LogP contribution in [0.3, 0.4) is 0 Å². The van der Waals surface area contributed by atoms with E-state index in [2.05, 4.69) is 10.3 Å². The first-order valence-corrected chi connectivity index (χ1v) is 6.92. The Morgan fingerprint density at radius 3 is 2.80 bits per heavy atom. The maximum absolute atomic E-state index is 13.2. The lowest BCUT2D eigenvalue weighted by molar-refractivity contribution is 0.184. The summed E-state index contributed by atoms with van der Waals surface area (Å²) < 4.78 is 13.2. The largest absolute Gasteiger partial charge is 0.350 e. The zero-order chi connectivity index (χ0) is 14.7. The van der Waals surface area contributed by atoms with Crippen LogP contribution in [0.5, 0.6) is 0 Å². The van der Waals surface area contributed by atoms with Gasteiger partial charge in [-0.2, -0.15) is 4.39 Å². The number of halogens is 1. The Labute approximate surface area is 118 Å². The van der Waals surface area contributed by atoms with Crippen LogP contribution in [0.25, 0.3) is 0 Å². The molecule has 2 heterocycles. The number of aromatic nitrogens is 1. The molecule has 2 amide bonds. The molecule has 1 aliphatic heterocycles. The molecule has 0 saturated carbocycles. The van der Waals surface area contributed by atoms with Crippen molar-refractivity contribution in [3.63, 3.8) is 0 Å². The predicted octanol–water partition coefficient (Wildman–Crippen LogP) is 1.85. The second-order valence-electron chi connectivity index (χ2n) is 5.41. The molecular formula is C14H21FN4O. The lowest BCUT2D eigenvalue weighted by Gasteiger charge is -2.40. The highest BCUT2D eigenvalue weighted by Gasteiger charge is 2.27. The first-order valence-electron chi connectivity index (χ1n) is 6.92. The lowest BCUT2D eigenvalue weighted by Crippen LogP contribution is -2.56. The van der Waals surface area contributed by atoms with E-state index < -0.39 is 5.95 Å². The highest BCUT2D eigenvalue weighted by Crippen LogP contribution is 2.18. The quantitative estimate of drug-likeness (QED) is 0.841. The number of amides is 2. The van der Waals surface area contributed by atoms with E-state index >= 15 is 0 Å². The van der Waals surface area contributed by atoms with Crippen molar-refractivity contribution < 1.29 is 9.18 Å². The van der Waals surface area contributed by atoms with Crippen LogP contribution in [-0.2, 0) is 0 Å². The van der Waals surface area contributed by atoms with E-state index in [0.717, 1.165) is 0 Å². The number of carbonyl (C=O) groups excluding carboxylic acids is 1. The molecule has 5 nitrogen and oxygen atoms in total. The Bertz CT molecular complexity index is 480. The molecule has 110 valence electrons. The molecule has 6 heteroatoms. The highest BCUT2D eigenvalue weighted by molar-refractivity contribution is 5.74. The zero-order valence-electron chi connectivity index (χ0n) is 12.1. The number of carbonyl (C=O) groups is 1. The third-order valence-electron chi connectivity index (χ3n) is 3.32. The Kier molecular flexibility index (Phi) is 4.42. The molecule has 1 saturated heterocycles. The lowest BCUT2D eigenvalue weighted by atomic mass is 10.2. The van der Waals surface area contributed by atoms with Crippen LogP contribution in [0.15, 0.2) is 18.2 Å². The first-order chi connectivity index (χ1) is 9.47. The minimum Gasteiger partial charge on any atom is -0.350 e. The van der Waals surface area contributed by atoms with Gasteiger partial charge in [0, 0.05) is 31.7 Å². The maximum atomic E-state index is 13.2. The number of nitrogens with one attached hydrogen (secondary N) is 1. The van der Waals surface area contributed by atoms with Gasteiger partial charge in [0.1, 0.15) is 5.82 Å². The summed E-state index contributed by atoms with van der Waals surface area (Å²) in [7, 11) is 0. The SMILES string of the molecule is CC(C)NC(=O)N1CCN(c2cccc(F)n2)C(C)C1. The summed E-state index contributed by atoms with van der Waals surface area (Å²) in [6.45, 7) is 7.77. The second kappa shape index (κ2) is 6.07. The average molecular weight is 280 g/mol. The van der Waals surface area contributed by atoms with E-state index in [1.807, 2.05) is 25.7 Å². The van der Waals surface area contributed by atoms with E-state index in [0.29, 0.717) is 25.5 Å². The van der Waals surface area contributed by atoms with Crippen LogP contribution in [0.2, 0.25) is 0 Å². The minimum absolute atomic E-state index is 0.0429. The van der Waals surface area contributed by atoms with Crippen LogP contribution in [0.4, 0.5) is 15.0 Å². The van der Waals surface area contributed by atoms with Crippen LogP contribution >= 0.6 is 0 Å². The number of rotatable bonds is 2. The average Bonchev–Trinajstić information content (AvgIpc) is 2.37. The fourth-order valence-corrected chi connectivity index (χ4v) is 2.38. The summed E-state index contributed by atoms with van der Waals surface area (Å²) >= 11 is 0. The number of piperazine rings is 1. The second-order valence-corrected chi connectivity index (χ2v) is 5.41. The number of hydrogen-bond acceptors (Lipinski definition) is 3. The molecule has 0 aliphatic carbocycles. The van der Waals surface area contributed by atoms with Gasteiger partial charge in [0.2, 0.25) is 5.95 Å². The van der Waals surface area contributed by atoms with Gasteiger partial charge in [-0.05, 0) is 32.9 Å². The van der Waals surface area contributed by atoms with Crippen molar-refractivity contribution in [1.82, 2.24) is 15.2 Å². The molecule has 20 heavy (non-hydrogen) atoms. The predicted molar refractivity (Wildman–Crippen MR) is 76.2 cm³/mol. The van der Waals surface area contributed by atoms with Crippen molar-refractivity contribution in [3.05, 3.63) is 24.1 Å². The van der Waals surface area contributed by atoms with Crippen molar-refractivity contribution in [3.8, 4) is 0 Å². The molecule has 1 N–H and O–H groups in total. The molecule has 1 aliphatic rings. The fourth-order valence-electron chi connectivity index (χ4n) is 2.38. The summed E-state index contributed by atoms with van der Waals surface area (Å²) in [6.07, 6.45) is 0. The molecule has 1 aromatic rings. The topological polar surface area (TPSA) is 48.5 Å². The van der Waals surface area contributed by atoms with Crippen LogP contribution in [0.1, 0.15) is 20.8 Å². The van der Waals surface area contributed by atoms with Gasteiger partial charge < -0.3 is 15.1 Å². The molecule has 1 unspecified atom stereocenters. The van der Waals surface area contributed by atoms with Crippen molar-refractivity contribution in [2.24, 2.45) is 0 Å². The van der Waals surface area contributed by atoms with Gasteiger partial charge in [-0.3, -0.25) is 0 Å². The van der Waals surface area contributed by atoms with Gasteiger partial charge in [0.05, 0.1) is 0 Å². The summed E-state index contributed by atoms with van der Waals surface area (Å²) in [5.41, 5.74) is 0. The molecule has 1 aromatic heterocycles. The first kappa shape index (κ1) is 14.6. The summed E-state index contributed by atoms with van der Waals surface area (Å²) in [4.78, 5) is 19.7. The molecule has 1 atom stereocenters. The van der Waals surface area contributed by atoms with E-state index in [1.54, 1.807) is 17.0 Å². The third kappa shape index (κ3) is 3.37. The number of anilines is 1. The van der Waals surface area contributed by atoms with E-state index in [9.17, 15) is 9.18 Å². The maximum Gasteiger partial charge on any atom is 0.317 e. The molecular weight excluding hydrogens is 259 g/mol. The Balaban J connectivity index is 2.01. The molecule has 2 rings (SSSR count). The van der Waals surface area contributed by atoms with Crippen molar-refractivity contribution in [2.45, 2.75) is 32.9 Å². The number of urea groups is 1. The molecule has 0 radical (unpaired) electrons. The minimum atomic E-state index is -0.477. The standard InChI is InChI=1S/C14H21FN4O/c1-10(2)16-14(20)18-7-8-19(11(3)9-18)13-6-4-5-12(15)17-13/h4-6,10-11H,7-9H2,1-3H3,(H,16,20). The zero-order valence-corrected chi connectivity index (χ0v) is 12.1. The van der Waals surface area contributed by atoms with Crippen molar-refractivity contribution >= 4 is 11.8 Å². The smallest absolute Gasteiger partial charge is 0.317 e. The van der Waals surface area contributed by atoms with Gasteiger partial charge in [-0.1, -0.05) is 6.07 Å². The van der Waals surface area contributed by atoms with Crippen LogP contribution in [0, 0.1) is 5.95 Å². The van der Waals surface area contributed by atoms with Gasteiger partial charge in [0.15, 0.2) is 0 Å². The fraction of sp³-hybridized carbons (Fsp3) is 0.571. The highest BCUT2D eigenvalue weighted by atomic mass is 19.1. The normalized spacial score (nSPS) is 19.4. The third-order valence-corrected chi connectivity index (χ3v) is 3.32. The van der Waals surface area contributed by atoms with Gasteiger partial charge in [0.25, 0.3) is 0 Å². The number of hydrogen-bond donors (Lipinski definition) is 1. The van der Waals surface area contributed by atoms with Crippen LogP contribution < -0.4 is 10.2 Å². The molecule has 0 bridgehead atoms. The summed E-state index contributed by atoms with van der Waals surface area (Å²) in [5.74, 6) is 0.149. The molecule has 1 fully saturated rings. The molecule has 0 spiro atoms. The monoisotopic (exact) mass is 280 g/mol. The van der Waals surface area contributed by atoms with E-state index in [-0.39, 0.29) is 18.1 Å². The Hall–Kier alpha value is -1.85. The van der Waals surface area contributed by atoms with Crippen molar-refractivity contribution in [1.29, 1.82) is 0 Å². The summed E-state index contributed by atoms with van der Waals surface area (Å²) in [6, 6.07) is 4.97. The Morgan fingerprint density at radius 1 is 1.45 bits per heavy atom. The molecule has 0 aromatic carbocycles. The van der Waals surface area contributed by atoms with Gasteiger partial charge >= 0.3 is 6.03 Å². The van der Waals surface area contributed by atoms with E-state index in [1.165, 1.54) is 6.07 Å². The Morgan fingerprint density at radius 2 is 2.20 bits per heavy atom.